The number of hydrogen-bond donors (Lipinski definition) is 3. The second-order valence-corrected chi connectivity index (χ2v) is 8.54. The van der Waals surface area contributed by atoms with Crippen molar-refractivity contribution in [3.63, 3.8) is 0 Å². The lowest BCUT2D eigenvalue weighted by Gasteiger charge is -2.11. The fraction of sp³-hybridized carbons (Fsp3) is 0.222. The van der Waals surface area contributed by atoms with Gasteiger partial charge >= 0.3 is 5.97 Å². The van der Waals surface area contributed by atoms with E-state index in [9.17, 15) is 9.90 Å². The van der Waals surface area contributed by atoms with Crippen LogP contribution in [0, 0.1) is 5.41 Å². The molecule has 0 radical (unpaired) electrons. The van der Waals surface area contributed by atoms with Gasteiger partial charge in [-0.1, -0.05) is 30.3 Å². The number of carboxylic acids is 1. The number of methoxy groups -OCH3 is 1. The third kappa shape index (κ3) is 5.11. The van der Waals surface area contributed by atoms with Crippen LogP contribution in [0.5, 0.6) is 11.5 Å². The van der Waals surface area contributed by atoms with Crippen molar-refractivity contribution in [3.8, 4) is 22.6 Å². The number of benzene rings is 3. The number of nitrogens with one attached hydrogen (secondary N) is 1. The van der Waals surface area contributed by atoms with Crippen LogP contribution < -0.4 is 15.2 Å². The summed E-state index contributed by atoms with van der Waals surface area (Å²) < 4.78 is 13.3. The monoisotopic (exact) mass is 472 g/mol. The Labute approximate surface area is 203 Å². The third-order valence-electron chi connectivity index (χ3n) is 5.76. The van der Waals surface area contributed by atoms with Gasteiger partial charge in [-0.2, -0.15) is 5.10 Å². The molecule has 4 rings (SSSR count). The molecule has 35 heavy (non-hydrogen) atoms. The Kier molecular flexibility index (Phi) is 6.73. The summed E-state index contributed by atoms with van der Waals surface area (Å²) in [6, 6.07) is 18.9. The van der Waals surface area contributed by atoms with E-state index in [0.717, 1.165) is 27.7 Å². The third-order valence-corrected chi connectivity index (χ3v) is 5.76. The summed E-state index contributed by atoms with van der Waals surface area (Å²) in [7, 11) is 1.55. The minimum atomic E-state index is -0.938. The Bertz CT molecular complexity index is 1410. The number of amidine groups is 1. The number of nitrogens with zero attached hydrogens (tertiary/aromatic N) is 2. The molecule has 3 aromatic carbocycles. The highest BCUT2D eigenvalue weighted by molar-refractivity contribution is 5.96. The van der Waals surface area contributed by atoms with Crippen molar-refractivity contribution >= 4 is 22.7 Å². The molecule has 1 heterocycles. The standard InChI is InChI=1S/C27H28N4O4/c1-16(2)31-24-10-8-18(17-5-4-6-20(11-17)27(28)29)12-22(24)23(30-31)15-35-25-14-21(34-3)9-7-19(25)13-26(32)33/h4-12,14,16H,13,15H2,1-3H3,(H3,28,29)(H,32,33). The fourth-order valence-electron chi connectivity index (χ4n) is 4.00. The smallest absolute Gasteiger partial charge is 0.307 e. The maximum Gasteiger partial charge on any atom is 0.307 e. The lowest BCUT2D eigenvalue weighted by molar-refractivity contribution is -0.136. The van der Waals surface area contributed by atoms with E-state index in [0.29, 0.717) is 22.6 Å². The van der Waals surface area contributed by atoms with Crippen molar-refractivity contribution in [2.45, 2.75) is 32.9 Å². The molecule has 0 amide bonds. The summed E-state index contributed by atoms with van der Waals surface area (Å²) in [6.07, 6.45) is -0.156. The van der Waals surface area contributed by atoms with Crippen LogP contribution in [0.15, 0.2) is 60.7 Å². The average Bonchev–Trinajstić information content (AvgIpc) is 3.21. The Morgan fingerprint density at radius 1 is 1.11 bits per heavy atom. The van der Waals surface area contributed by atoms with Crippen LogP contribution in [0.3, 0.4) is 0 Å². The van der Waals surface area contributed by atoms with E-state index in [1.807, 2.05) is 41.1 Å². The van der Waals surface area contributed by atoms with Crippen LogP contribution in [-0.2, 0) is 17.8 Å². The van der Waals surface area contributed by atoms with Crippen LogP contribution in [0.2, 0.25) is 0 Å². The summed E-state index contributed by atoms with van der Waals surface area (Å²) in [5.74, 6) is 0.112. The topological polar surface area (TPSA) is 123 Å². The Hall–Kier alpha value is -4.33. The number of aliphatic carboxylic acids is 1. The zero-order valence-corrected chi connectivity index (χ0v) is 19.9. The number of ether oxygens (including phenoxy) is 2. The highest BCUT2D eigenvalue weighted by Crippen LogP contribution is 2.31. The van der Waals surface area contributed by atoms with Gasteiger partial charge in [-0.15, -0.1) is 0 Å². The molecule has 0 saturated carbocycles. The molecule has 0 atom stereocenters. The lowest BCUT2D eigenvalue weighted by Crippen LogP contribution is -2.10. The van der Waals surface area contributed by atoms with Crippen molar-refractivity contribution in [2.75, 3.05) is 7.11 Å². The first-order valence-electron chi connectivity index (χ1n) is 11.2. The number of carbonyl (C=O) groups is 1. The molecule has 8 heteroatoms. The first-order chi connectivity index (χ1) is 16.8. The zero-order chi connectivity index (χ0) is 25.1. The van der Waals surface area contributed by atoms with Crippen molar-refractivity contribution in [3.05, 3.63) is 77.5 Å². The Morgan fingerprint density at radius 2 is 1.89 bits per heavy atom. The first kappa shape index (κ1) is 23.8. The average molecular weight is 473 g/mol. The molecule has 0 aliphatic rings. The molecule has 0 aliphatic carbocycles. The van der Waals surface area contributed by atoms with E-state index in [1.165, 1.54) is 0 Å². The SMILES string of the molecule is COc1ccc(CC(=O)O)c(OCc2nn(C(C)C)c3ccc(-c4cccc(C(=N)N)c4)cc23)c1. The number of nitrogen functional groups attached to an aromatic ring is 1. The second kappa shape index (κ2) is 9.89. The van der Waals surface area contributed by atoms with Gasteiger partial charge in [-0.25, -0.2) is 0 Å². The van der Waals surface area contributed by atoms with Crippen molar-refractivity contribution in [2.24, 2.45) is 5.73 Å². The van der Waals surface area contributed by atoms with Crippen LogP contribution in [0.4, 0.5) is 0 Å². The molecule has 4 N–H and O–H groups in total. The largest absolute Gasteiger partial charge is 0.497 e. The van der Waals surface area contributed by atoms with Crippen LogP contribution in [0.1, 0.15) is 36.7 Å². The number of fused-ring (bicyclic) bond motifs is 1. The quantitative estimate of drug-likeness (QED) is 0.238. The second-order valence-electron chi connectivity index (χ2n) is 8.54. The highest BCUT2D eigenvalue weighted by Gasteiger charge is 2.16. The maximum atomic E-state index is 11.3. The number of carboxylic acid groups (broad SMARTS) is 1. The van der Waals surface area contributed by atoms with E-state index in [2.05, 4.69) is 19.9 Å². The van der Waals surface area contributed by atoms with Crippen LogP contribution in [-0.4, -0.2) is 33.8 Å². The predicted molar refractivity (Wildman–Crippen MR) is 135 cm³/mol. The van der Waals surface area contributed by atoms with Crippen molar-refractivity contribution < 1.29 is 19.4 Å². The van der Waals surface area contributed by atoms with Gasteiger partial charge in [0.1, 0.15) is 29.6 Å². The van der Waals surface area contributed by atoms with Crippen LogP contribution in [0.25, 0.3) is 22.0 Å². The molecule has 1 aromatic heterocycles. The van der Waals surface area contributed by atoms with Crippen molar-refractivity contribution in [1.82, 2.24) is 9.78 Å². The number of nitrogens with two attached hydrogens (primary N) is 1. The molecule has 0 aliphatic heterocycles. The molecule has 4 aromatic rings. The number of rotatable bonds is 9. The molecule has 0 unspecified atom stereocenters. The summed E-state index contributed by atoms with van der Waals surface area (Å²) in [4.78, 5) is 11.3. The molecule has 180 valence electrons. The summed E-state index contributed by atoms with van der Waals surface area (Å²) in [5, 5.41) is 22.8. The maximum absolute atomic E-state index is 11.3. The minimum Gasteiger partial charge on any atom is -0.497 e. The van der Waals surface area contributed by atoms with Crippen LogP contribution >= 0.6 is 0 Å². The molecule has 0 saturated heterocycles. The Morgan fingerprint density at radius 3 is 2.57 bits per heavy atom. The molecule has 0 bridgehead atoms. The summed E-state index contributed by atoms with van der Waals surface area (Å²) >= 11 is 0. The van der Waals surface area contributed by atoms with Gasteiger partial charge in [-0.05, 0) is 49.2 Å². The van der Waals surface area contributed by atoms with Crippen molar-refractivity contribution in [1.29, 1.82) is 5.41 Å². The molecule has 0 spiro atoms. The minimum absolute atomic E-state index is 0.0186. The van der Waals surface area contributed by atoms with E-state index in [4.69, 9.17) is 25.7 Å². The van der Waals surface area contributed by atoms with E-state index < -0.39 is 5.97 Å². The van der Waals surface area contributed by atoms with Gasteiger partial charge in [0.15, 0.2) is 0 Å². The van der Waals surface area contributed by atoms with Gasteiger partial charge in [0.2, 0.25) is 0 Å². The molecule has 8 nitrogen and oxygen atoms in total. The fourth-order valence-corrected chi connectivity index (χ4v) is 4.00. The van der Waals surface area contributed by atoms with Gasteiger partial charge in [0.25, 0.3) is 0 Å². The highest BCUT2D eigenvalue weighted by atomic mass is 16.5. The normalized spacial score (nSPS) is 11.1. The predicted octanol–water partition coefficient (Wildman–Crippen LogP) is 4.78. The van der Waals surface area contributed by atoms with Gasteiger partial charge in [0, 0.05) is 28.6 Å². The number of hydrogen-bond acceptors (Lipinski definition) is 5. The molecular weight excluding hydrogens is 444 g/mol. The van der Waals surface area contributed by atoms with Gasteiger partial charge in [0.05, 0.1) is 19.0 Å². The first-order valence-corrected chi connectivity index (χ1v) is 11.2. The van der Waals surface area contributed by atoms with E-state index in [-0.39, 0.29) is 24.9 Å². The van der Waals surface area contributed by atoms with E-state index >= 15 is 0 Å². The Balaban J connectivity index is 1.74. The van der Waals surface area contributed by atoms with Gasteiger partial charge < -0.3 is 20.3 Å². The summed E-state index contributed by atoms with van der Waals surface area (Å²) in [5.41, 5.74) is 10.5. The summed E-state index contributed by atoms with van der Waals surface area (Å²) in [6.45, 7) is 4.29. The van der Waals surface area contributed by atoms with Gasteiger partial charge in [-0.3, -0.25) is 14.9 Å². The van der Waals surface area contributed by atoms with E-state index in [1.54, 1.807) is 25.3 Å². The molecular formula is C27H28N4O4. The molecule has 0 fully saturated rings. The zero-order valence-electron chi connectivity index (χ0n) is 19.9. The number of aromatic nitrogens is 2. The lowest BCUT2D eigenvalue weighted by atomic mass is 10.0.